The summed E-state index contributed by atoms with van der Waals surface area (Å²) in [5, 5.41) is 2.85. The molecule has 0 atom stereocenters. The molecule has 0 spiro atoms. The van der Waals surface area contributed by atoms with E-state index in [4.69, 9.17) is 9.47 Å². The minimum Gasteiger partial charge on any atom is -0.490 e. The zero-order valence-electron chi connectivity index (χ0n) is 12.6. The van der Waals surface area contributed by atoms with Crippen LogP contribution in [-0.4, -0.2) is 19.1 Å². The van der Waals surface area contributed by atoms with Gasteiger partial charge in [-0.1, -0.05) is 18.2 Å². The van der Waals surface area contributed by atoms with E-state index in [1.54, 1.807) is 12.1 Å². The first-order valence-corrected chi connectivity index (χ1v) is 7.90. The number of halogens is 1. The Labute approximate surface area is 138 Å². The fourth-order valence-electron chi connectivity index (χ4n) is 1.97. The van der Waals surface area contributed by atoms with Crippen molar-refractivity contribution in [3.63, 3.8) is 0 Å². The molecule has 1 N–H and O–H groups in total. The summed E-state index contributed by atoms with van der Waals surface area (Å²) in [6.45, 7) is 4.81. The lowest BCUT2D eigenvalue weighted by Gasteiger charge is -2.14. The van der Waals surface area contributed by atoms with Crippen molar-refractivity contribution in [3.8, 4) is 11.5 Å². The Kier molecular flexibility index (Phi) is 5.83. The Morgan fingerprint density at radius 1 is 1.09 bits per heavy atom. The molecule has 4 nitrogen and oxygen atoms in total. The highest BCUT2D eigenvalue weighted by Gasteiger charge is 2.16. The molecule has 0 saturated carbocycles. The zero-order valence-corrected chi connectivity index (χ0v) is 14.1. The van der Waals surface area contributed by atoms with Gasteiger partial charge in [0.2, 0.25) is 0 Å². The Bertz CT molecular complexity index is 644. The van der Waals surface area contributed by atoms with E-state index in [1.165, 1.54) is 0 Å². The number of anilines is 1. The van der Waals surface area contributed by atoms with Gasteiger partial charge in [-0.25, -0.2) is 0 Å². The molecule has 2 aromatic rings. The molecule has 0 bridgehead atoms. The summed E-state index contributed by atoms with van der Waals surface area (Å²) >= 11 is 3.44. The first-order valence-electron chi connectivity index (χ1n) is 7.11. The molecule has 0 radical (unpaired) electrons. The third kappa shape index (κ3) is 4.01. The quantitative estimate of drug-likeness (QED) is 0.821. The van der Waals surface area contributed by atoms with Crippen molar-refractivity contribution in [1.29, 1.82) is 0 Å². The van der Waals surface area contributed by atoms with Gasteiger partial charge in [-0.05, 0) is 54.0 Å². The first-order chi connectivity index (χ1) is 10.7. The van der Waals surface area contributed by atoms with Crippen molar-refractivity contribution in [2.45, 2.75) is 13.8 Å². The van der Waals surface area contributed by atoms with Crippen LogP contribution in [0.1, 0.15) is 24.2 Å². The Morgan fingerprint density at radius 3 is 2.41 bits per heavy atom. The number of para-hydroxylation sites is 1. The molecule has 0 saturated heterocycles. The number of amides is 1. The molecule has 0 aliphatic heterocycles. The summed E-state index contributed by atoms with van der Waals surface area (Å²) < 4.78 is 11.8. The minimum absolute atomic E-state index is 0.198. The number of carbonyl (C=O) groups excluding carboxylic acids is 1. The summed E-state index contributed by atoms with van der Waals surface area (Å²) in [5.41, 5.74) is 1.25. The molecule has 0 heterocycles. The van der Waals surface area contributed by atoms with E-state index >= 15 is 0 Å². The number of hydrogen-bond acceptors (Lipinski definition) is 3. The third-order valence-corrected chi connectivity index (χ3v) is 3.48. The molecule has 0 aliphatic carbocycles. The van der Waals surface area contributed by atoms with Crippen LogP contribution in [0.4, 0.5) is 5.69 Å². The van der Waals surface area contributed by atoms with Gasteiger partial charge in [0.15, 0.2) is 11.5 Å². The van der Waals surface area contributed by atoms with Crippen molar-refractivity contribution >= 4 is 27.5 Å². The second-order valence-corrected chi connectivity index (χ2v) is 5.33. The summed E-state index contributed by atoms with van der Waals surface area (Å²) in [6.07, 6.45) is 0. The maximum atomic E-state index is 12.4. The van der Waals surface area contributed by atoms with Gasteiger partial charge < -0.3 is 14.8 Å². The fraction of sp³-hybridized carbons (Fsp3) is 0.235. The highest BCUT2D eigenvalue weighted by Crippen LogP contribution is 2.37. The largest absolute Gasteiger partial charge is 0.490 e. The second kappa shape index (κ2) is 7.84. The van der Waals surface area contributed by atoms with Crippen molar-refractivity contribution in [3.05, 3.63) is 52.5 Å². The van der Waals surface area contributed by atoms with Gasteiger partial charge in [-0.3, -0.25) is 4.79 Å². The number of ether oxygens (including phenoxy) is 2. The maximum Gasteiger partial charge on any atom is 0.255 e. The van der Waals surface area contributed by atoms with Crippen molar-refractivity contribution in [1.82, 2.24) is 0 Å². The fourth-order valence-corrected chi connectivity index (χ4v) is 2.53. The third-order valence-electron chi connectivity index (χ3n) is 2.89. The van der Waals surface area contributed by atoms with Crippen molar-refractivity contribution < 1.29 is 14.3 Å². The molecule has 0 aliphatic rings. The second-order valence-electron chi connectivity index (χ2n) is 4.47. The van der Waals surface area contributed by atoms with Crippen LogP contribution in [0.2, 0.25) is 0 Å². The number of nitrogens with one attached hydrogen (secondary N) is 1. The van der Waals surface area contributed by atoms with E-state index in [9.17, 15) is 4.79 Å². The van der Waals surface area contributed by atoms with E-state index in [-0.39, 0.29) is 5.91 Å². The molecule has 5 heteroatoms. The van der Waals surface area contributed by atoms with Crippen LogP contribution in [0.3, 0.4) is 0 Å². The predicted molar refractivity (Wildman–Crippen MR) is 90.9 cm³/mol. The molecule has 2 rings (SSSR count). The van der Waals surface area contributed by atoms with Crippen LogP contribution >= 0.6 is 15.9 Å². The van der Waals surface area contributed by atoms with Crippen LogP contribution < -0.4 is 14.8 Å². The molecular formula is C17H18BrNO3. The smallest absolute Gasteiger partial charge is 0.255 e. The van der Waals surface area contributed by atoms with Gasteiger partial charge in [-0.2, -0.15) is 0 Å². The summed E-state index contributed by atoms with van der Waals surface area (Å²) in [7, 11) is 0. The number of carbonyl (C=O) groups is 1. The van der Waals surface area contributed by atoms with Crippen LogP contribution in [0.25, 0.3) is 0 Å². The highest BCUT2D eigenvalue weighted by molar-refractivity contribution is 9.10. The first kappa shape index (κ1) is 16.4. The van der Waals surface area contributed by atoms with E-state index in [2.05, 4.69) is 21.2 Å². The topological polar surface area (TPSA) is 47.6 Å². The van der Waals surface area contributed by atoms with Crippen LogP contribution in [0.15, 0.2) is 46.9 Å². The van der Waals surface area contributed by atoms with Gasteiger partial charge in [0.1, 0.15) is 0 Å². The normalized spacial score (nSPS) is 10.1. The van der Waals surface area contributed by atoms with Gasteiger partial charge in [0.05, 0.1) is 17.7 Å². The van der Waals surface area contributed by atoms with Crippen molar-refractivity contribution in [2.24, 2.45) is 0 Å². The van der Waals surface area contributed by atoms with Crippen LogP contribution in [0, 0.1) is 0 Å². The number of rotatable bonds is 6. The van der Waals surface area contributed by atoms with Crippen molar-refractivity contribution in [2.75, 3.05) is 18.5 Å². The van der Waals surface area contributed by atoms with Gasteiger partial charge in [-0.15, -0.1) is 0 Å². The van der Waals surface area contributed by atoms with Crippen LogP contribution in [-0.2, 0) is 0 Å². The maximum absolute atomic E-state index is 12.4. The molecule has 22 heavy (non-hydrogen) atoms. The van der Waals surface area contributed by atoms with E-state index in [1.807, 2.05) is 44.2 Å². The molecule has 0 aromatic heterocycles. The molecule has 1 amide bonds. The predicted octanol–water partition coefficient (Wildman–Crippen LogP) is 4.50. The lowest BCUT2D eigenvalue weighted by atomic mass is 10.1. The minimum atomic E-state index is -0.198. The van der Waals surface area contributed by atoms with Gasteiger partial charge >= 0.3 is 0 Å². The van der Waals surface area contributed by atoms with Gasteiger partial charge in [0.25, 0.3) is 5.91 Å². The number of hydrogen-bond donors (Lipinski definition) is 1. The van der Waals surface area contributed by atoms with E-state index in [0.29, 0.717) is 34.7 Å². The molecule has 116 valence electrons. The van der Waals surface area contributed by atoms with Crippen LogP contribution in [0.5, 0.6) is 11.5 Å². The monoisotopic (exact) mass is 363 g/mol. The van der Waals surface area contributed by atoms with E-state index < -0.39 is 0 Å². The average Bonchev–Trinajstić information content (AvgIpc) is 2.51. The number of benzene rings is 2. The molecule has 2 aromatic carbocycles. The average molecular weight is 364 g/mol. The summed E-state index contributed by atoms with van der Waals surface area (Å²) in [5.74, 6) is 0.966. The van der Waals surface area contributed by atoms with Gasteiger partial charge in [0, 0.05) is 11.3 Å². The zero-order chi connectivity index (χ0) is 15.9. The summed E-state index contributed by atoms with van der Waals surface area (Å²) in [6, 6.07) is 12.7. The van der Waals surface area contributed by atoms with E-state index in [0.717, 1.165) is 5.69 Å². The Hall–Kier alpha value is -2.01. The SMILES string of the molecule is CCOc1cc(C(=O)Nc2ccccc2)cc(Br)c1OCC. The lowest BCUT2D eigenvalue weighted by molar-refractivity contribution is 0.102. The molecule has 0 fully saturated rings. The highest BCUT2D eigenvalue weighted by atomic mass is 79.9. The Balaban J connectivity index is 2.28. The summed E-state index contributed by atoms with van der Waals surface area (Å²) in [4.78, 5) is 12.4. The Morgan fingerprint density at radius 2 is 1.77 bits per heavy atom. The molecular weight excluding hydrogens is 346 g/mol. The lowest BCUT2D eigenvalue weighted by Crippen LogP contribution is -2.12. The standard InChI is InChI=1S/C17H18BrNO3/c1-3-21-15-11-12(10-14(18)16(15)22-4-2)17(20)19-13-8-6-5-7-9-13/h5-11H,3-4H2,1-2H3,(H,19,20). The molecule has 0 unspecified atom stereocenters.